The van der Waals surface area contributed by atoms with Gasteiger partial charge >= 0.3 is 0 Å². The van der Waals surface area contributed by atoms with Gasteiger partial charge in [-0.2, -0.15) is 0 Å². The van der Waals surface area contributed by atoms with E-state index in [0.717, 1.165) is 43.6 Å². The molecule has 0 bridgehead atoms. The molecule has 2 aliphatic heterocycles. The standard InChI is InChI=1S/C20H29N3O2.ClH/c24-19(7-6-16-8-10-21-11-9-16)22-14-17-3-1-4-18(13-17)15-23-12-2-5-20(23)25;/h1,3-4,13,16,21H,2,5-12,14-15H2,(H,22,24);1H. The quantitative estimate of drug-likeness (QED) is 0.765. The molecule has 0 saturated carbocycles. The maximum absolute atomic E-state index is 12.1. The van der Waals surface area contributed by atoms with Crippen LogP contribution in [0, 0.1) is 5.92 Å². The fourth-order valence-electron chi connectivity index (χ4n) is 3.72. The molecule has 0 unspecified atom stereocenters. The van der Waals surface area contributed by atoms with Gasteiger partial charge < -0.3 is 15.5 Å². The second-order valence-electron chi connectivity index (χ2n) is 7.25. The molecule has 0 radical (unpaired) electrons. The van der Waals surface area contributed by atoms with Crippen LogP contribution in [0.3, 0.4) is 0 Å². The van der Waals surface area contributed by atoms with Gasteiger partial charge in [0, 0.05) is 32.5 Å². The van der Waals surface area contributed by atoms with Crippen LogP contribution < -0.4 is 10.6 Å². The van der Waals surface area contributed by atoms with E-state index in [1.807, 2.05) is 23.1 Å². The van der Waals surface area contributed by atoms with Gasteiger partial charge in [-0.15, -0.1) is 12.4 Å². The van der Waals surface area contributed by atoms with Crippen LogP contribution in [0.25, 0.3) is 0 Å². The highest BCUT2D eigenvalue weighted by atomic mass is 35.5. The SMILES string of the molecule is Cl.O=C(CCC1CCNCC1)NCc1cccc(CN2CCCC2=O)c1. The molecular weight excluding hydrogens is 350 g/mol. The average Bonchev–Trinajstić information content (AvgIpc) is 3.04. The lowest BCUT2D eigenvalue weighted by atomic mass is 9.93. The number of hydrogen-bond donors (Lipinski definition) is 2. The van der Waals surface area contributed by atoms with Crippen molar-refractivity contribution in [1.82, 2.24) is 15.5 Å². The molecule has 1 aromatic carbocycles. The van der Waals surface area contributed by atoms with E-state index in [1.165, 1.54) is 12.8 Å². The van der Waals surface area contributed by atoms with Crippen molar-refractivity contribution in [1.29, 1.82) is 0 Å². The maximum atomic E-state index is 12.1. The molecule has 0 aromatic heterocycles. The van der Waals surface area contributed by atoms with Crippen molar-refractivity contribution >= 4 is 24.2 Å². The number of nitrogens with one attached hydrogen (secondary N) is 2. The largest absolute Gasteiger partial charge is 0.352 e. The number of nitrogens with zero attached hydrogens (tertiary/aromatic N) is 1. The molecule has 0 spiro atoms. The summed E-state index contributed by atoms with van der Waals surface area (Å²) in [7, 11) is 0. The van der Waals surface area contributed by atoms with Gasteiger partial charge in [-0.1, -0.05) is 24.3 Å². The Hall–Kier alpha value is -1.59. The number of halogens is 1. The molecule has 2 fully saturated rings. The van der Waals surface area contributed by atoms with Gasteiger partial charge in [-0.3, -0.25) is 9.59 Å². The Morgan fingerprint density at radius 2 is 2.00 bits per heavy atom. The first kappa shape index (κ1) is 20.7. The first-order valence-electron chi connectivity index (χ1n) is 9.54. The van der Waals surface area contributed by atoms with Crippen LogP contribution in [0.1, 0.15) is 49.7 Å². The van der Waals surface area contributed by atoms with Crippen molar-refractivity contribution in [3.8, 4) is 0 Å². The number of amides is 2. The minimum atomic E-state index is 0. The second-order valence-corrected chi connectivity index (χ2v) is 7.25. The molecule has 2 aliphatic rings. The predicted octanol–water partition coefficient (Wildman–Crippen LogP) is 2.63. The van der Waals surface area contributed by atoms with Gasteiger partial charge in [0.15, 0.2) is 0 Å². The van der Waals surface area contributed by atoms with E-state index < -0.39 is 0 Å². The molecule has 26 heavy (non-hydrogen) atoms. The van der Waals surface area contributed by atoms with Crippen LogP contribution in [0.2, 0.25) is 0 Å². The molecule has 0 aliphatic carbocycles. The van der Waals surface area contributed by atoms with Crippen molar-refractivity contribution in [3.63, 3.8) is 0 Å². The average molecular weight is 380 g/mol. The third kappa shape index (κ3) is 6.29. The van der Waals surface area contributed by atoms with Crippen molar-refractivity contribution < 1.29 is 9.59 Å². The lowest BCUT2D eigenvalue weighted by Gasteiger charge is -2.22. The fourth-order valence-corrected chi connectivity index (χ4v) is 3.72. The van der Waals surface area contributed by atoms with Gasteiger partial charge in [-0.05, 0) is 55.8 Å². The van der Waals surface area contributed by atoms with Crippen LogP contribution >= 0.6 is 12.4 Å². The van der Waals surface area contributed by atoms with Gasteiger partial charge in [-0.25, -0.2) is 0 Å². The molecule has 144 valence electrons. The van der Waals surface area contributed by atoms with Crippen LogP contribution in [0.4, 0.5) is 0 Å². The molecule has 1 aromatic rings. The minimum absolute atomic E-state index is 0. The zero-order valence-electron chi connectivity index (χ0n) is 15.3. The van der Waals surface area contributed by atoms with Crippen LogP contribution in [-0.2, 0) is 22.7 Å². The van der Waals surface area contributed by atoms with E-state index in [4.69, 9.17) is 0 Å². The fraction of sp³-hybridized carbons (Fsp3) is 0.600. The topological polar surface area (TPSA) is 61.4 Å². The van der Waals surface area contributed by atoms with Crippen molar-refractivity contribution in [3.05, 3.63) is 35.4 Å². The number of benzene rings is 1. The Balaban J connectivity index is 0.00000243. The van der Waals surface area contributed by atoms with Crippen LogP contribution in [-0.4, -0.2) is 36.3 Å². The molecule has 2 saturated heterocycles. The first-order chi connectivity index (χ1) is 12.2. The predicted molar refractivity (Wildman–Crippen MR) is 105 cm³/mol. The molecule has 5 nitrogen and oxygen atoms in total. The Bertz CT molecular complexity index is 602. The van der Waals surface area contributed by atoms with E-state index in [0.29, 0.717) is 31.8 Å². The molecular formula is C20H30ClN3O2. The van der Waals surface area contributed by atoms with E-state index in [-0.39, 0.29) is 24.2 Å². The highest BCUT2D eigenvalue weighted by molar-refractivity contribution is 5.85. The summed E-state index contributed by atoms with van der Waals surface area (Å²) in [6, 6.07) is 8.18. The monoisotopic (exact) mass is 379 g/mol. The Labute approximate surface area is 162 Å². The number of carbonyl (C=O) groups excluding carboxylic acids is 2. The first-order valence-corrected chi connectivity index (χ1v) is 9.54. The van der Waals surface area contributed by atoms with Crippen LogP contribution in [0.5, 0.6) is 0 Å². The molecule has 2 N–H and O–H groups in total. The highest BCUT2D eigenvalue weighted by Crippen LogP contribution is 2.18. The van der Waals surface area contributed by atoms with Crippen molar-refractivity contribution in [2.24, 2.45) is 5.92 Å². The summed E-state index contributed by atoms with van der Waals surface area (Å²) in [6.07, 6.45) is 5.62. The number of rotatable bonds is 7. The smallest absolute Gasteiger partial charge is 0.222 e. The zero-order chi connectivity index (χ0) is 17.5. The second kappa shape index (κ2) is 10.5. The number of hydrogen-bond acceptors (Lipinski definition) is 3. The minimum Gasteiger partial charge on any atom is -0.352 e. The van der Waals surface area contributed by atoms with Gasteiger partial charge in [0.25, 0.3) is 0 Å². The summed E-state index contributed by atoms with van der Waals surface area (Å²) in [5, 5.41) is 6.39. The van der Waals surface area contributed by atoms with Crippen molar-refractivity contribution in [2.45, 2.75) is 51.6 Å². The van der Waals surface area contributed by atoms with E-state index in [1.54, 1.807) is 0 Å². The van der Waals surface area contributed by atoms with E-state index >= 15 is 0 Å². The van der Waals surface area contributed by atoms with Gasteiger partial charge in [0.1, 0.15) is 0 Å². The third-order valence-corrected chi connectivity index (χ3v) is 5.26. The lowest BCUT2D eigenvalue weighted by Crippen LogP contribution is -2.29. The number of likely N-dealkylation sites (tertiary alicyclic amines) is 1. The summed E-state index contributed by atoms with van der Waals surface area (Å²) in [4.78, 5) is 25.7. The molecule has 6 heteroatoms. The summed E-state index contributed by atoms with van der Waals surface area (Å²) in [5.74, 6) is 1.07. The summed E-state index contributed by atoms with van der Waals surface area (Å²) >= 11 is 0. The summed E-state index contributed by atoms with van der Waals surface area (Å²) in [6.45, 7) is 4.26. The summed E-state index contributed by atoms with van der Waals surface area (Å²) in [5.41, 5.74) is 2.23. The van der Waals surface area contributed by atoms with E-state index in [9.17, 15) is 9.59 Å². The normalized spacial score (nSPS) is 17.8. The lowest BCUT2D eigenvalue weighted by molar-refractivity contribution is -0.128. The van der Waals surface area contributed by atoms with E-state index in [2.05, 4.69) is 16.7 Å². The zero-order valence-corrected chi connectivity index (χ0v) is 16.2. The maximum Gasteiger partial charge on any atom is 0.222 e. The molecule has 0 atom stereocenters. The Morgan fingerprint density at radius 1 is 1.23 bits per heavy atom. The third-order valence-electron chi connectivity index (χ3n) is 5.26. The Kier molecular flexibility index (Phi) is 8.39. The number of piperidine rings is 1. The highest BCUT2D eigenvalue weighted by Gasteiger charge is 2.20. The molecule has 2 heterocycles. The molecule has 2 amide bonds. The molecule has 3 rings (SSSR count). The van der Waals surface area contributed by atoms with Crippen molar-refractivity contribution in [2.75, 3.05) is 19.6 Å². The van der Waals surface area contributed by atoms with Crippen LogP contribution in [0.15, 0.2) is 24.3 Å². The van der Waals surface area contributed by atoms with Gasteiger partial charge in [0.2, 0.25) is 11.8 Å². The van der Waals surface area contributed by atoms with Gasteiger partial charge in [0.05, 0.1) is 0 Å². The number of carbonyl (C=O) groups is 2. The Morgan fingerprint density at radius 3 is 2.73 bits per heavy atom. The summed E-state index contributed by atoms with van der Waals surface area (Å²) < 4.78 is 0.